The van der Waals surface area contributed by atoms with E-state index in [9.17, 15) is 13.2 Å². The second-order valence-corrected chi connectivity index (χ2v) is 12.3. The van der Waals surface area contributed by atoms with E-state index in [1.54, 1.807) is 42.1 Å². The zero-order valence-corrected chi connectivity index (χ0v) is 22.8. The molecule has 0 saturated carbocycles. The van der Waals surface area contributed by atoms with Gasteiger partial charge in [-0.25, -0.2) is 13.2 Å². The van der Waals surface area contributed by atoms with Crippen molar-refractivity contribution < 1.29 is 17.9 Å². The molecule has 1 fully saturated rings. The Balaban J connectivity index is 1.76. The highest BCUT2D eigenvalue weighted by molar-refractivity contribution is 8.00. The molecule has 2 atom stereocenters. The van der Waals surface area contributed by atoms with E-state index < -0.39 is 10.0 Å². The lowest BCUT2D eigenvalue weighted by molar-refractivity contribution is -0.143. The van der Waals surface area contributed by atoms with Gasteiger partial charge in [0.2, 0.25) is 0 Å². The molecule has 1 aliphatic heterocycles. The summed E-state index contributed by atoms with van der Waals surface area (Å²) in [4.78, 5) is 14.2. The van der Waals surface area contributed by atoms with Gasteiger partial charge in [0.25, 0.3) is 10.0 Å². The molecule has 0 bridgehead atoms. The fraction of sp³-hybridized carbons (Fsp3) is 0.435. The lowest BCUT2D eigenvalue weighted by atomic mass is 10.1. The highest BCUT2D eigenvalue weighted by Gasteiger charge is 2.33. The molecule has 6 nitrogen and oxygen atoms in total. The van der Waals surface area contributed by atoms with Crippen LogP contribution >= 0.6 is 46.6 Å². The minimum atomic E-state index is -3.93. The van der Waals surface area contributed by atoms with Crippen molar-refractivity contribution in [3.63, 3.8) is 0 Å². The van der Waals surface area contributed by atoms with E-state index in [4.69, 9.17) is 39.5 Å². The summed E-state index contributed by atoms with van der Waals surface area (Å²) in [6, 6.07) is 10.4. The van der Waals surface area contributed by atoms with Crippen molar-refractivity contribution in [3.05, 3.63) is 57.5 Å². The van der Waals surface area contributed by atoms with E-state index in [0.717, 1.165) is 31.7 Å². The van der Waals surface area contributed by atoms with Crippen LogP contribution < -0.4 is 4.31 Å². The third-order valence-corrected chi connectivity index (χ3v) is 9.60. The highest BCUT2D eigenvalue weighted by Crippen LogP contribution is 2.36. The Morgan fingerprint density at radius 3 is 2.50 bits per heavy atom. The zero-order chi connectivity index (χ0) is 24.9. The molecule has 0 aromatic heterocycles. The van der Waals surface area contributed by atoms with Crippen molar-refractivity contribution in [2.75, 3.05) is 30.3 Å². The predicted octanol–water partition coefficient (Wildman–Crippen LogP) is 5.95. The average molecular weight is 566 g/mol. The molecule has 0 amide bonds. The van der Waals surface area contributed by atoms with Gasteiger partial charge in [0, 0.05) is 28.4 Å². The first-order chi connectivity index (χ1) is 16.1. The van der Waals surface area contributed by atoms with Crippen LogP contribution in [0.2, 0.25) is 15.1 Å². The predicted molar refractivity (Wildman–Crippen MR) is 141 cm³/mol. The van der Waals surface area contributed by atoms with Gasteiger partial charge in [-0.05, 0) is 68.8 Å². The number of nitrogens with zero attached hydrogens (tertiary/aromatic N) is 2. The van der Waals surface area contributed by atoms with E-state index >= 15 is 0 Å². The van der Waals surface area contributed by atoms with Crippen LogP contribution in [-0.4, -0.2) is 56.7 Å². The molecule has 1 saturated heterocycles. The summed E-state index contributed by atoms with van der Waals surface area (Å²) < 4.78 is 33.6. The monoisotopic (exact) mass is 564 g/mol. The van der Waals surface area contributed by atoms with Gasteiger partial charge in [-0.1, -0.05) is 41.2 Å². The number of unbranched alkanes of at least 4 members (excludes halogenated alkanes) is 1. The van der Waals surface area contributed by atoms with Gasteiger partial charge in [-0.3, -0.25) is 9.21 Å². The van der Waals surface area contributed by atoms with E-state index in [1.165, 1.54) is 23.5 Å². The van der Waals surface area contributed by atoms with Crippen molar-refractivity contribution in [3.8, 4) is 0 Å². The summed E-state index contributed by atoms with van der Waals surface area (Å²) in [6.45, 7) is 3.42. The fourth-order valence-electron chi connectivity index (χ4n) is 3.90. The number of hydrogen-bond donors (Lipinski definition) is 0. The number of thioether (sulfide) groups is 1. The van der Waals surface area contributed by atoms with Gasteiger partial charge in [0.15, 0.2) is 5.37 Å². The first-order valence-corrected chi connectivity index (χ1v) is 14.5. The van der Waals surface area contributed by atoms with E-state index in [-0.39, 0.29) is 22.3 Å². The molecule has 1 aliphatic rings. The van der Waals surface area contributed by atoms with Crippen LogP contribution in [0.4, 0.5) is 5.69 Å². The fourth-order valence-corrected chi connectivity index (χ4v) is 7.37. The third kappa shape index (κ3) is 6.53. The molecule has 0 aliphatic carbocycles. The summed E-state index contributed by atoms with van der Waals surface area (Å²) in [7, 11) is -2.53. The summed E-state index contributed by atoms with van der Waals surface area (Å²) in [5.41, 5.74) is 0.332. The first kappa shape index (κ1) is 27.4. The molecule has 0 radical (unpaired) electrons. The van der Waals surface area contributed by atoms with Crippen molar-refractivity contribution in [1.82, 2.24) is 4.90 Å². The quantitative estimate of drug-likeness (QED) is 0.262. The molecular formula is C23H27Cl3N2O4S2. The number of hydrogen-bond acceptors (Lipinski definition) is 6. The molecule has 2 unspecified atom stereocenters. The third-order valence-electron chi connectivity index (χ3n) is 5.62. The Bertz CT molecular complexity index is 1100. The number of ether oxygens (including phenoxy) is 1. The average Bonchev–Trinajstić information content (AvgIpc) is 3.27. The molecular weight excluding hydrogens is 539 g/mol. The SMILES string of the molecule is COC(=O)C1SCCN1CCCCC(C)N(c1cc(Cl)ccc1Cl)S(=O)(=O)c1ccc(Cl)cc1. The lowest BCUT2D eigenvalue weighted by Gasteiger charge is -2.31. The maximum Gasteiger partial charge on any atom is 0.333 e. The summed E-state index contributed by atoms with van der Waals surface area (Å²) in [5, 5.41) is 0.867. The van der Waals surface area contributed by atoms with Crippen molar-refractivity contribution in [2.24, 2.45) is 0 Å². The summed E-state index contributed by atoms with van der Waals surface area (Å²) in [6.07, 6.45) is 2.18. The number of halogens is 3. The van der Waals surface area contributed by atoms with Gasteiger partial charge in [-0.2, -0.15) is 0 Å². The number of benzene rings is 2. The Morgan fingerprint density at radius 2 is 1.82 bits per heavy atom. The normalized spacial score (nSPS) is 17.5. The van der Waals surface area contributed by atoms with E-state index in [1.807, 2.05) is 6.92 Å². The largest absolute Gasteiger partial charge is 0.467 e. The molecule has 2 aromatic carbocycles. The minimum Gasteiger partial charge on any atom is -0.467 e. The maximum atomic E-state index is 13.7. The van der Waals surface area contributed by atoms with Crippen LogP contribution in [-0.2, 0) is 19.6 Å². The van der Waals surface area contributed by atoms with E-state index in [0.29, 0.717) is 27.2 Å². The standard InChI is InChI=1S/C23H27Cl3N2O4S2/c1-16(5-3-4-12-27-13-14-33-22(27)23(29)32-2)28(21-15-18(25)8-11-20(21)26)34(30,31)19-9-6-17(24)7-10-19/h6-11,15-16,22H,3-5,12-14H2,1-2H3. The van der Waals surface area contributed by atoms with Crippen LogP contribution in [0.1, 0.15) is 26.2 Å². The molecule has 0 N–H and O–H groups in total. The van der Waals surface area contributed by atoms with Crippen LogP contribution in [0.25, 0.3) is 0 Å². The maximum absolute atomic E-state index is 13.7. The Hall–Kier alpha value is -1.16. The van der Waals surface area contributed by atoms with Gasteiger partial charge in [0.05, 0.1) is 22.7 Å². The van der Waals surface area contributed by atoms with Crippen molar-refractivity contribution in [2.45, 2.75) is 42.5 Å². The second-order valence-electron chi connectivity index (χ2n) is 7.98. The second kappa shape index (κ2) is 12.2. The molecule has 2 aromatic rings. The minimum absolute atomic E-state index is 0.120. The van der Waals surface area contributed by atoms with Gasteiger partial charge < -0.3 is 4.74 Å². The first-order valence-electron chi connectivity index (χ1n) is 10.8. The lowest BCUT2D eigenvalue weighted by Crippen LogP contribution is -2.39. The van der Waals surface area contributed by atoms with Crippen LogP contribution in [0.15, 0.2) is 47.4 Å². The van der Waals surface area contributed by atoms with E-state index in [2.05, 4.69) is 4.90 Å². The Kier molecular flexibility index (Phi) is 9.83. The number of esters is 1. The molecule has 11 heteroatoms. The van der Waals surface area contributed by atoms with Crippen LogP contribution in [0.5, 0.6) is 0 Å². The molecule has 34 heavy (non-hydrogen) atoms. The van der Waals surface area contributed by atoms with Crippen LogP contribution in [0.3, 0.4) is 0 Å². The van der Waals surface area contributed by atoms with Crippen molar-refractivity contribution >= 4 is 68.2 Å². The summed E-state index contributed by atoms with van der Waals surface area (Å²) >= 11 is 20.2. The zero-order valence-electron chi connectivity index (χ0n) is 18.9. The molecule has 186 valence electrons. The molecule has 1 heterocycles. The number of rotatable bonds is 10. The number of carbonyl (C=O) groups is 1. The highest BCUT2D eigenvalue weighted by atomic mass is 35.5. The van der Waals surface area contributed by atoms with Gasteiger partial charge in [-0.15, -0.1) is 11.8 Å². The summed E-state index contributed by atoms with van der Waals surface area (Å²) in [5.74, 6) is 0.656. The number of sulfonamides is 1. The Morgan fingerprint density at radius 1 is 1.15 bits per heavy atom. The van der Waals surface area contributed by atoms with Crippen molar-refractivity contribution in [1.29, 1.82) is 0 Å². The van der Waals surface area contributed by atoms with Gasteiger partial charge in [0.1, 0.15) is 0 Å². The number of carbonyl (C=O) groups excluding carboxylic acids is 1. The van der Waals surface area contributed by atoms with Crippen LogP contribution in [0, 0.1) is 0 Å². The number of methoxy groups -OCH3 is 1. The topological polar surface area (TPSA) is 66.9 Å². The Labute approximate surface area is 220 Å². The smallest absolute Gasteiger partial charge is 0.333 e. The number of anilines is 1. The molecule has 3 rings (SSSR count). The van der Waals surface area contributed by atoms with Gasteiger partial charge >= 0.3 is 5.97 Å². The molecule has 0 spiro atoms.